The summed E-state index contributed by atoms with van der Waals surface area (Å²) in [5.74, 6) is -0.955. The van der Waals surface area contributed by atoms with Crippen LogP contribution in [0.25, 0.3) is 0 Å². The zero-order valence-electron chi connectivity index (χ0n) is 9.34. The van der Waals surface area contributed by atoms with Gasteiger partial charge in [0.25, 0.3) is 0 Å². The number of nitrogens with zero attached hydrogens (tertiary/aromatic N) is 1. The molecule has 88 valence electrons. The first-order valence-corrected chi connectivity index (χ1v) is 5.61. The number of hydrogen-bond donors (Lipinski definition) is 1. The lowest BCUT2D eigenvalue weighted by Gasteiger charge is -2.23. The van der Waals surface area contributed by atoms with Crippen LogP contribution < -0.4 is 10.2 Å². The van der Waals surface area contributed by atoms with Crippen molar-refractivity contribution in [3.05, 3.63) is 29.8 Å². The normalized spacial score (nSPS) is 21.9. The molecule has 4 heteroatoms. The van der Waals surface area contributed by atoms with Gasteiger partial charge in [0.05, 0.1) is 0 Å². The van der Waals surface area contributed by atoms with Crippen LogP contribution in [-0.2, 0) is 0 Å². The van der Waals surface area contributed by atoms with Gasteiger partial charge >= 0.3 is 0 Å². The Balaban J connectivity index is 2.23. The van der Waals surface area contributed by atoms with Crippen LogP contribution in [0.2, 0.25) is 0 Å². The van der Waals surface area contributed by atoms with Crippen molar-refractivity contribution in [3.8, 4) is 0 Å². The van der Waals surface area contributed by atoms with E-state index in [0.717, 1.165) is 13.0 Å². The molecule has 0 aromatic heterocycles. The molecule has 0 aliphatic carbocycles. The molecular weight excluding hydrogens is 210 g/mol. The number of halogens is 2. The number of nitrogens with one attached hydrogen (secondary N) is 1. The van der Waals surface area contributed by atoms with Crippen molar-refractivity contribution in [1.82, 2.24) is 5.32 Å². The Bertz CT molecular complexity index is 348. The van der Waals surface area contributed by atoms with Crippen LogP contribution in [0.15, 0.2) is 18.2 Å². The molecule has 0 amide bonds. The Kier molecular flexibility index (Phi) is 3.39. The predicted octanol–water partition coefficient (Wildman–Crippen LogP) is 2.15. The van der Waals surface area contributed by atoms with Gasteiger partial charge in [0, 0.05) is 25.7 Å². The molecule has 1 saturated heterocycles. The van der Waals surface area contributed by atoms with E-state index in [2.05, 4.69) is 12.2 Å². The summed E-state index contributed by atoms with van der Waals surface area (Å²) in [5, 5.41) is 3.30. The largest absolute Gasteiger partial charge is 0.365 e. The average Bonchev–Trinajstić information content (AvgIpc) is 2.44. The first-order valence-electron chi connectivity index (χ1n) is 5.61. The monoisotopic (exact) mass is 226 g/mol. The van der Waals surface area contributed by atoms with Crippen molar-refractivity contribution in [1.29, 1.82) is 0 Å². The lowest BCUT2D eigenvalue weighted by molar-refractivity contribution is 0.562. The molecule has 1 atom stereocenters. The lowest BCUT2D eigenvalue weighted by Crippen LogP contribution is -2.30. The fourth-order valence-electron chi connectivity index (χ4n) is 2.02. The van der Waals surface area contributed by atoms with Crippen molar-refractivity contribution in [2.24, 2.45) is 0 Å². The quantitative estimate of drug-likeness (QED) is 0.789. The molecule has 1 fully saturated rings. The molecule has 1 heterocycles. The molecule has 0 bridgehead atoms. The van der Waals surface area contributed by atoms with E-state index in [4.69, 9.17) is 0 Å². The molecule has 0 radical (unpaired) electrons. The van der Waals surface area contributed by atoms with E-state index in [-0.39, 0.29) is 5.69 Å². The van der Waals surface area contributed by atoms with Gasteiger partial charge in [-0.1, -0.05) is 6.07 Å². The summed E-state index contributed by atoms with van der Waals surface area (Å²) in [4.78, 5) is 1.78. The molecule has 0 spiro atoms. The van der Waals surface area contributed by atoms with Crippen molar-refractivity contribution < 1.29 is 8.78 Å². The molecule has 1 aromatic carbocycles. The third-order valence-corrected chi connectivity index (χ3v) is 2.96. The van der Waals surface area contributed by atoms with Crippen LogP contribution in [0.3, 0.4) is 0 Å². The summed E-state index contributed by atoms with van der Waals surface area (Å²) in [7, 11) is 0. The minimum atomic E-state index is -0.477. The molecule has 1 aliphatic rings. The van der Waals surface area contributed by atoms with Crippen LogP contribution in [-0.4, -0.2) is 25.7 Å². The number of para-hydroxylation sites is 1. The Morgan fingerprint density at radius 3 is 2.62 bits per heavy atom. The standard InChI is InChI=1S/C12H16F2N2/c1-9-5-7-16(8-6-15-9)12-10(13)3-2-4-11(12)14/h2-4,9,15H,5-8H2,1H3. The van der Waals surface area contributed by atoms with E-state index in [1.807, 2.05) is 0 Å². The second-order valence-electron chi connectivity index (χ2n) is 4.20. The summed E-state index contributed by atoms with van der Waals surface area (Å²) in [6, 6.07) is 4.41. The van der Waals surface area contributed by atoms with Crippen LogP contribution in [0, 0.1) is 11.6 Å². The molecule has 1 aromatic rings. The van der Waals surface area contributed by atoms with E-state index < -0.39 is 11.6 Å². The highest BCUT2D eigenvalue weighted by atomic mass is 19.1. The number of anilines is 1. The Morgan fingerprint density at radius 2 is 1.94 bits per heavy atom. The average molecular weight is 226 g/mol. The molecular formula is C12H16F2N2. The SMILES string of the molecule is CC1CCN(c2c(F)cccc2F)CCN1. The summed E-state index contributed by atoms with van der Waals surface area (Å²) in [6.07, 6.45) is 0.897. The second-order valence-corrected chi connectivity index (χ2v) is 4.20. The highest BCUT2D eigenvalue weighted by Gasteiger charge is 2.19. The van der Waals surface area contributed by atoms with Crippen LogP contribution in [0.4, 0.5) is 14.5 Å². The van der Waals surface area contributed by atoms with E-state index in [0.29, 0.717) is 19.1 Å². The third kappa shape index (κ3) is 2.32. The molecule has 1 N–H and O–H groups in total. The van der Waals surface area contributed by atoms with Gasteiger partial charge in [0.2, 0.25) is 0 Å². The topological polar surface area (TPSA) is 15.3 Å². The summed E-state index contributed by atoms with van der Waals surface area (Å²) in [5.41, 5.74) is 0.110. The Labute approximate surface area is 94.3 Å². The predicted molar refractivity (Wildman–Crippen MR) is 60.7 cm³/mol. The summed E-state index contributed by atoms with van der Waals surface area (Å²) in [6.45, 7) is 4.17. The molecule has 0 saturated carbocycles. The first kappa shape index (κ1) is 11.3. The van der Waals surface area contributed by atoms with E-state index in [9.17, 15) is 8.78 Å². The van der Waals surface area contributed by atoms with Gasteiger partial charge in [-0.25, -0.2) is 8.78 Å². The van der Waals surface area contributed by atoms with Gasteiger partial charge < -0.3 is 10.2 Å². The first-order chi connectivity index (χ1) is 7.68. The second kappa shape index (κ2) is 4.78. The zero-order valence-corrected chi connectivity index (χ0v) is 9.34. The van der Waals surface area contributed by atoms with Gasteiger partial charge in [-0.2, -0.15) is 0 Å². The smallest absolute Gasteiger partial charge is 0.149 e. The van der Waals surface area contributed by atoms with Crippen LogP contribution in [0.1, 0.15) is 13.3 Å². The fraction of sp³-hybridized carbons (Fsp3) is 0.500. The molecule has 2 rings (SSSR count). The zero-order chi connectivity index (χ0) is 11.5. The number of benzene rings is 1. The van der Waals surface area contributed by atoms with Gasteiger partial charge in [-0.15, -0.1) is 0 Å². The Hall–Kier alpha value is -1.16. The summed E-state index contributed by atoms with van der Waals surface area (Å²) >= 11 is 0. The van der Waals surface area contributed by atoms with Gasteiger partial charge in [0.1, 0.15) is 17.3 Å². The van der Waals surface area contributed by atoms with Gasteiger partial charge in [0.15, 0.2) is 0 Å². The van der Waals surface area contributed by atoms with Crippen molar-refractivity contribution in [3.63, 3.8) is 0 Å². The molecule has 1 aliphatic heterocycles. The minimum Gasteiger partial charge on any atom is -0.365 e. The van der Waals surface area contributed by atoms with E-state index >= 15 is 0 Å². The lowest BCUT2D eigenvalue weighted by atomic mass is 10.2. The van der Waals surface area contributed by atoms with Gasteiger partial charge in [-0.3, -0.25) is 0 Å². The Morgan fingerprint density at radius 1 is 1.25 bits per heavy atom. The fourth-order valence-corrected chi connectivity index (χ4v) is 2.02. The van der Waals surface area contributed by atoms with E-state index in [1.54, 1.807) is 4.90 Å². The molecule has 2 nitrogen and oxygen atoms in total. The maximum absolute atomic E-state index is 13.6. The number of hydrogen-bond acceptors (Lipinski definition) is 2. The van der Waals surface area contributed by atoms with Crippen LogP contribution >= 0.6 is 0 Å². The maximum atomic E-state index is 13.6. The van der Waals surface area contributed by atoms with Crippen molar-refractivity contribution in [2.45, 2.75) is 19.4 Å². The van der Waals surface area contributed by atoms with Crippen LogP contribution in [0.5, 0.6) is 0 Å². The minimum absolute atomic E-state index is 0.110. The summed E-state index contributed by atoms with van der Waals surface area (Å²) < 4.78 is 27.1. The van der Waals surface area contributed by atoms with E-state index in [1.165, 1.54) is 18.2 Å². The van der Waals surface area contributed by atoms with Gasteiger partial charge in [-0.05, 0) is 25.5 Å². The molecule has 1 unspecified atom stereocenters. The highest BCUT2D eigenvalue weighted by Crippen LogP contribution is 2.23. The third-order valence-electron chi connectivity index (χ3n) is 2.96. The maximum Gasteiger partial charge on any atom is 0.149 e. The molecule has 16 heavy (non-hydrogen) atoms. The van der Waals surface area contributed by atoms with Crippen molar-refractivity contribution in [2.75, 3.05) is 24.5 Å². The number of rotatable bonds is 1. The highest BCUT2D eigenvalue weighted by molar-refractivity contribution is 5.49. The van der Waals surface area contributed by atoms with Crippen molar-refractivity contribution >= 4 is 5.69 Å².